The van der Waals surface area contributed by atoms with Gasteiger partial charge in [0.15, 0.2) is 0 Å². The molecule has 0 atom stereocenters. The minimum absolute atomic E-state index is 0.213. The maximum absolute atomic E-state index is 11.2. The molecular formula is C16H16N2O4. The van der Waals surface area contributed by atoms with Crippen molar-refractivity contribution in [2.24, 2.45) is 0 Å². The highest BCUT2D eigenvalue weighted by Gasteiger charge is 2.09. The van der Waals surface area contributed by atoms with Crippen molar-refractivity contribution in [1.82, 2.24) is 0 Å². The number of benzene rings is 2. The van der Waals surface area contributed by atoms with Crippen molar-refractivity contribution in [1.29, 1.82) is 0 Å². The third-order valence-corrected chi connectivity index (χ3v) is 2.62. The van der Waals surface area contributed by atoms with Crippen molar-refractivity contribution in [3.8, 4) is 11.5 Å². The number of amides is 2. The van der Waals surface area contributed by atoms with E-state index in [2.05, 4.69) is 10.6 Å². The van der Waals surface area contributed by atoms with Crippen LogP contribution >= 0.6 is 0 Å². The van der Waals surface area contributed by atoms with Crippen LogP contribution in [0.3, 0.4) is 0 Å². The summed E-state index contributed by atoms with van der Waals surface area (Å²) in [6.07, 6.45) is 0. The van der Waals surface area contributed by atoms with E-state index >= 15 is 0 Å². The number of nitrogens with one attached hydrogen (secondary N) is 2. The monoisotopic (exact) mass is 300 g/mol. The molecule has 0 saturated carbocycles. The molecular weight excluding hydrogens is 284 g/mol. The average Bonchev–Trinajstić information content (AvgIpc) is 2.46. The molecule has 2 aromatic rings. The molecule has 6 heteroatoms. The van der Waals surface area contributed by atoms with Crippen LogP contribution in [0, 0.1) is 0 Å². The van der Waals surface area contributed by atoms with Gasteiger partial charge in [0, 0.05) is 13.8 Å². The van der Waals surface area contributed by atoms with Gasteiger partial charge in [0.05, 0.1) is 11.4 Å². The van der Waals surface area contributed by atoms with Gasteiger partial charge in [0.1, 0.15) is 0 Å². The van der Waals surface area contributed by atoms with Crippen molar-refractivity contribution in [3.63, 3.8) is 0 Å². The van der Waals surface area contributed by atoms with E-state index in [1.54, 1.807) is 48.5 Å². The van der Waals surface area contributed by atoms with Crippen molar-refractivity contribution in [3.05, 3.63) is 48.5 Å². The van der Waals surface area contributed by atoms with Crippen LogP contribution in [0.25, 0.3) is 0 Å². The maximum Gasteiger partial charge on any atom is 0.221 e. The first-order valence-corrected chi connectivity index (χ1v) is 6.64. The molecule has 0 aliphatic carbocycles. The fraction of sp³-hybridized carbons (Fsp3) is 0.125. The highest BCUT2D eigenvalue weighted by Crippen LogP contribution is 2.28. The van der Waals surface area contributed by atoms with Crippen LogP contribution in [0.4, 0.5) is 11.4 Å². The lowest BCUT2D eigenvalue weighted by Gasteiger charge is -2.12. The summed E-state index contributed by atoms with van der Waals surface area (Å²) < 4.78 is 0. The molecule has 2 amide bonds. The summed E-state index contributed by atoms with van der Waals surface area (Å²) in [5, 5.41) is 5.29. The van der Waals surface area contributed by atoms with E-state index in [1.165, 1.54) is 13.8 Å². The Morgan fingerprint density at radius 1 is 0.727 bits per heavy atom. The fourth-order valence-electron chi connectivity index (χ4n) is 1.75. The highest BCUT2D eigenvalue weighted by molar-refractivity contribution is 5.91. The number of para-hydroxylation sites is 4. The zero-order chi connectivity index (χ0) is 15.9. The molecule has 0 aromatic heterocycles. The topological polar surface area (TPSA) is 76.7 Å². The highest BCUT2D eigenvalue weighted by atomic mass is 17.2. The maximum atomic E-state index is 11.2. The van der Waals surface area contributed by atoms with Crippen LogP contribution in [0.1, 0.15) is 13.8 Å². The van der Waals surface area contributed by atoms with Gasteiger partial charge in [-0.3, -0.25) is 19.4 Å². The SMILES string of the molecule is CC(=O)Nc1ccccc1OOc1ccccc1NC(C)=O. The Bertz CT molecular complexity index is 626. The summed E-state index contributed by atoms with van der Waals surface area (Å²) in [5.74, 6) is 0.287. The predicted molar refractivity (Wildman–Crippen MR) is 82.7 cm³/mol. The Morgan fingerprint density at radius 3 is 1.45 bits per heavy atom. The van der Waals surface area contributed by atoms with E-state index in [9.17, 15) is 9.59 Å². The van der Waals surface area contributed by atoms with Crippen LogP contribution < -0.4 is 20.4 Å². The van der Waals surface area contributed by atoms with Gasteiger partial charge in [-0.1, -0.05) is 24.3 Å². The number of rotatable bonds is 5. The van der Waals surface area contributed by atoms with E-state index in [1.807, 2.05) is 0 Å². The quantitative estimate of drug-likeness (QED) is 0.657. The normalized spacial score (nSPS) is 9.73. The van der Waals surface area contributed by atoms with E-state index in [0.717, 1.165) is 0 Å². The lowest BCUT2D eigenvalue weighted by atomic mass is 10.3. The second-order valence-corrected chi connectivity index (χ2v) is 4.52. The molecule has 0 fully saturated rings. The summed E-state index contributed by atoms with van der Waals surface area (Å²) in [6, 6.07) is 13.7. The average molecular weight is 300 g/mol. The molecule has 0 bridgehead atoms. The molecule has 0 heterocycles. The van der Waals surface area contributed by atoms with Crippen LogP contribution in [-0.4, -0.2) is 11.8 Å². The summed E-state index contributed by atoms with van der Waals surface area (Å²) in [5.41, 5.74) is 0.985. The first kappa shape index (κ1) is 15.4. The number of hydrogen-bond acceptors (Lipinski definition) is 4. The molecule has 22 heavy (non-hydrogen) atoms. The van der Waals surface area contributed by atoms with Gasteiger partial charge < -0.3 is 10.6 Å². The lowest BCUT2D eigenvalue weighted by molar-refractivity contribution is -0.115. The molecule has 0 saturated heterocycles. The summed E-state index contributed by atoms with van der Waals surface area (Å²) in [4.78, 5) is 32.9. The molecule has 0 unspecified atom stereocenters. The van der Waals surface area contributed by atoms with Crippen molar-refractivity contribution in [2.45, 2.75) is 13.8 Å². The number of carbonyl (C=O) groups is 2. The second kappa shape index (κ2) is 7.12. The first-order chi connectivity index (χ1) is 10.6. The fourth-order valence-corrected chi connectivity index (χ4v) is 1.75. The Morgan fingerprint density at radius 2 is 1.09 bits per heavy atom. The van der Waals surface area contributed by atoms with Gasteiger partial charge in [0.2, 0.25) is 23.3 Å². The Balaban J connectivity index is 2.14. The Labute approximate surface area is 128 Å². The molecule has 0 aliphatic rings. The molecule has 0 radical (unpaired) electrons. The van der Waals surface area contributed by atoms with Crippen molar-refractivity contribution in [2.75, 3.05) is 10.6 Å². The summed E-state index contributed by atoms with van der Waals surface area (Å²) in [7, 11) is 0. The molecule has 0 aliphatic heterocycles. The third-order valence-electron chi connectivity index (χ3n) is 2.62. The standard InChI is InChI=1S/C16H16N2O4/c1-11(19)17-13-7-3-5-9-15(13)21-22-16-10-6-4-8-14(16)18-12(2)20/h3-10H,1-2H3,(H,17,19)(H,18,20). The molecule has 2 rings (SSSR count). The first-order valence-electron chi connectivity index (χ1n) is 6.64. The van der Waals surface area contributed by atoms with Crippen LogP contribution in [0.2, 0.25) is 0 Å². The van der Waals surface area contributed by atoms with E-state index in [0.29, 0.717) is 22.9 Å². The van der Waals surface area contributed by atoms with Crippen molar-refractivity contribution < 1.29 is 19.4 Å². The zero-order valence-electron chi connectivity index (χ0n) is 12.3. The molecule has 114 valence electrons. The van der Waals surface area contributed by atoms with Gasteiger partial charge in [-0.05, 0) is 24.3 Å². The minimum Gasteiger partial charge on any atom is -0.323 e. The number of hydrogen-bond donors (Lipinski definition) is 2. The Hall–Kier alpha value is -3.02. The lowest BCUT2D eigenvalue weighted by Crippen LogP contribution is -2.11. The van der Waals surface area contributed by atoms with Crippen LogP contribution in [-0.2, 0) is 9.59 Å². The van der Waals surface area contributed by atoms with Gasteiger partial charge >= 0.3 is 0 Å². The Kier molecular flexibility index (Phi) is 4.98. The largest absolute Gasteiger partial charge is 0.323 e. The zero-order valence-corrected chi connectivity index (χ0v) is 12.3. The van der Waals surface area contributed by atoms with Gasteiger partial charge in [-0.25, -0.2) is 0 Å². The van der Waals surface area contributed by atoms with Gasteiger partial charge in [-0.15, -0.1) is 0 Å². The smallest absolute Gasteiger partial charge is 0.221 e. The predicted octanol–water partition coefficient (Wildman–Crippen LogP) is 2.98. The molecule has 6 nitrogen and oxygen atoms in total. The van der Waals surface area contributed by atoms with Crippen LogP contribution in [0.15, 0.2) is 48.5 Å². The van der Waals surface area contributed by atoms with E-state index in [4.69, 9.17) is 9.78 Å². The molecule has 2 aromatic carbocycles. The molecule has 0 spiro atoms. The van der Waals surface area contributed by atoms with Gasteiger partial charge in [0.25, 0.3) is 0 Å². The van der Waals surface area contributed by atoms with E-state index in [-0.39, 0.29) is 11.8 Å². The van der Waals surface area contributed by atoms with Crippen molar-refractivity contribution >= 4 is 23.2 Å². The number of carbonyl (C=O) groups excluding carboxylic acids is 2. The number of anilines is 2. The van der Waals surface area contributed by atoms with E-state index < -0.39 is 0 Å². The summed E-state index contributed by atoms with van der Waals surface area (Å²) >= 11 is 0. The van der Waals surface area contributed by atoms with Gasteiger partial charge in [-0.2, -0.15) is 0 Å². The minimum atomic E-state index is -0.213. The summed E-state index contributed by atoms with van der Waals surface area (Å²) in [6.45, 7) is 2.81. The second-order valence-electron chi connectivity index (χ2n) is 4.52. The third kappa shape index (κ3) is 4.24. The molecule has 2 N–H and O–H groups in total. The van der Waals surface area contributed by atoms with Crippen LogP contribution in [0.5, 0.6) is 11.5 Å².